The second kappa shape index (κ2) is 8.95. The van der Waals surface area contributed by atoms with E-state index in [4.69, 9.17) is 10.5 Å². The van der Waals surface area contributed by atoms with E-state index in [0.717, 1.165) is 0 Å². The van der Waals surface area contributed by atoms with Crippen molar-refractivity contribution in [2.24, 2.45) is 11.7 Å². The van der Waals surface area contributed by atoms with Crippen molar-refractivity contribution in [2.75, 3.05) is 13.7 Å². The highest BCUT2D eigenvalue weighted by molar-refractivity contribution is 9.10. The largest absolute Gasteiger partial charge is 0.495 e. The summed E-state index contributed by atoms with van der Waals surface area (Å²) in [5.41, 5.74) is 5.64. The number of benzene rings is 1. The van der Waals surface area contributed by atoms with E-state index in [0.29, 0.717) is 22.6 Å². The molecule has 0 spiro atoms. The summed E-state index contributed by atoms with van der Waals surface area (Å²) < 4.78 is 33.3. The molecule has 0 bridgehead atoms. The molecule has 0 aromatic heterocycles. The Morgan fingerprint density at radius 2 is 2.00 bits per heavy atom. The van der Waals surface area contributed by atoms with E-state index in [9.17, 15) is 8.42 Å². The van der Waals surface area contributed by atoms with E-state index in [1.807, 2.05) is 13.8 Å². The van der Waals surface area contributed by atoms with E-state index in [1.165, 1.54) is 13.2 Å². The number of hydrogen-bond donors (Lipinski definition) is 2. The van der Waals surface area contributed by atoms with Gasteiger partial charge in [0.2, 0.25) is 10.0 Å². The van der Waals surface area contributed by atoms with Gasteiger partial charge >= 0.3 is 0 Å². The van der Waals surface area contributed by atoms with Crippen LogP contribution in [0.15, 0.2) is 27.6 Å². The van der Waals surface area contributed by atoms with Crippen molar-refractivity contribution in [3.05, 3.63) is 22.7 Å². The van der Waals surface area contributed by atoms with Gasteiger partial charge in [-0.15, -0.1) is 12.4 Å². The number of ether oxygens (including phenoxy) is 1. The van der Waals surface area contributed by atoms with Crippen LogP contribution in [0, 0.1) is 5.92 Å². The van der Waals surface area contributed by atoms with E-state index in [1.54, 1.807) is 12.1 Å². The molecule has 8 heteroatoms. The molecule has 1 rings (SSSR count). The molecule has 0 aliphatic carbocycles. The molecule has 1 aromatic rings. The lowest BCUT2D eigenvalue weighted by Crippen LogP contribution is -2.41. The van der Waals surface area contributed by atoms with Crippen molar-refractivity contribution in [3.63, 3.8) is 0 Å². The number of methoxy groups -OCH3 is 1. The Balaban J connectivity index is 0.00000400. The normalized spacial score (nSPS) is 12.9. The number of sulfonamides is 1. The maximum Gasteiger partial charge on any atom is 0.244 e. The minimum absolute atomic E-state index is 0. The monoisotopic (exact) mass is 400 g/mol. The average Bonchev–Trinajstić information content (AvgIpc) is 2.37. The van der Waals surface area contributed by atoms with Crippen molar-refractivity contribution in [2.45, 2.75) is 31.2 Å². The summed E-state index contributed by atoms with van der Waals surface area (Å²) in [7, 11) is -2.23. The summed E-state index contributed by atoms with van der Waals surface area (Å²) in [5.74, 6) is 0.664. The van der Waals surface area contributed by atoms with Crippen LogP contribution >= 0.6 is 28.3 Å². The van der Waals surface area contributed by atoms with Crippen LogP contribution in [0.4, 0.5) is 0 Å². The van der Waals surface area contributed by atoms with Gasteiger partial charge in [0.05, 0.1) is 7.11 Å². The summed E-state index contributed by atoms with van der Waals surface area (Å²) >= 11 is 3.27. The fourth-order valence-electron chi connectivity index (χ4n) is 1.90. The second-order valence-corrected chi connectivity index (χ2v) is 7.58. The van der Waals surface area contributed by atoms with Gasteiger partial charge < -0.3 is 10.5 Å². The van der Waals surface area contributed by atoms with Crippen LogP contribution in [-0.4, -0.2) is 28.1 Å². The molecule has 1 unspecified atom stereocenters. The van der Waals surface area contributed by atoms with Crippen molar-refractivity contribution >= 4 is 38.4 Å². The Bertz CT molecular complexity index is 552. The Morgan fingerprint density at radius 3 is 2.48 bits per heavy atom. The molecular formula is C13H22BrClN2O3S. The molecule has 3 N–H and O–H groups in total. The molecular weight excluding hydrogens is 380 g/mol. The van der Waals surface area contributed by atoms with Crippen molar-refractivity contribution in [1.29, 1.82) is 0 Å². The molecule has 122 valence electrons. The molecule has 1 aromatic carbocycles. The van der Waals surface area contributed by atoms with Crippen LogP contribution in [0.1, 0.15) is 20.3 Å². The van der Waals surface area contributed by atoms with Gasteiger partial charge in [-0.3, -0.25) is 0 Å². The molecule has 0 saturated heterocycles. The fourth-order valence-corrected chi connectivity index (χ4v) is 3.87. The maximum atomic E-state index is 12.4. The SMILES string of the molecule is COc1ccc(Br)cc1S(=O)(=O)NC(CN)CC(C)C.Cl. The fraction of sp³-hybridized carbons (Fsp3) is 0.538. The Hall–Kier alpha value is -0.340. The van der Waals surface area contributed by atoms with Crippen molar-refractivity contribution in [3.8, 4) is 5.75 Å². The van der Waals surface area contributed by atoms with Crippen molar-refractivity contribution in [1.82, 2.24) is 4.72 Å². The summed E-state index contributed by atoms with van der Waals surface area (Å²) in [6.07, 6.45) is 0.687. The summed E-state index contributed by atoms with van der Waals surface area (Å²) in [6.45, 7) is 4.31. The molecule has 21 heavy (non-hydrogen) atoms. The lowest BCUT2D eigenvalue weighted by molar-refractivity contribution is 0.401. The first-order chi connectivity index (χ1) is 9.30. The number of rotatable bonds is 7. The van der Waals surface area contributed by atoms with Gasteiger partial charge in [0.1, 0.15) is 10.6 Å². The van der Waals surface area contributed by atoms with E-state index >= 15 is 0 Å². The molecule has 5 nitrogen and oxygen atoms in total. The first-order valence-electron chi connectivity index (χ1n) is 6.36. The molecule has 0 saturated carbocycles. The summed E-state index contributed by atoms with van der Waals surface area (Å²) in [4.78, 5) is 0.108. The zero-order chi connectivity index (χ0) is 15.3. The van der Waals surface area contributed by atoms with E-state index in [2.05, 4.69) is 20.7 Å². The van der Waals surface area contributed by atoms with Gasteiger partial charge in [0, 0.05) is 17.1 Å². The summed E-state index contributed by atoms with van der Waals surface area (Å²) in [5, 5.41) is 0. The quantitative estimate of drug-likeness (QED) is 0.735. The van der Waals surface area contributed by atoms with Gasteiger partial charge in [0.15, 0.2) is 0 Å². The minimum atomic E-state index is -3.67. The zero-order valence-corrected chi connectivity index (χ0v) is 15.5. The van der Waals surface area contributed by atoms with Gasteiger partial charge in [-0.05, 0) is 30.5 Å². The molecule has 0 aliphatic rings. The van der Waals surface area contributed by atoms with Gasteiger partial charge in [-0.2, -0.15) is 0 Å². The summed E-state index contributed by atoms with van der Waals surface area (Å²) in [6, 6.07) is 4.57. The topological polar surface area (TPSA) is 81.4 Å². The average molecular weight is 402 g/mol. The minimum Gasteiger partial charge on any atom is -0.495 e. The standard InChI is InChI=1S/C13H21BrN2O3S.ClH/c1-9(2)6-11(8-15)16-20(17,18)13-7-10(14)4-5-12(13)19-3;/h4-5,7,9,11,16H,6,8,15H2,1-3H3;1H. The number of nitrogens with two attached hydrogens (primary N) is 1. The van der Waals surface area contributed by atoms with Crippen LogP contribution in [0.25, 0.3) is 0 Å². The van der Waals surface area contributed by atoms with E-state index < -0.39 is 10.0 Å². The van der Waals surface area contributed by atoms with Crippen LogP contribution in [0.2, 0.25) is 0 Å². The van der Waals surface area contributed by atoms with Gasteiger partial charge in [-0.1, -0.05) is 29.8 Å². The predicted octanol–water partition coefficient (Wildman–Crippen LogP) is 2.53. The third kappa shape index (κ3) is 6.12. The smallest absolute Gasteiger partial charge is 0.244 e. The molecule has 0 amide bonds. The number of hydrogen-bond acceptors (Lipinski definition) is 4. The maximum absolute atomic E-state index is 12.4. The van der Waals surface area contributed by atoms with Crippen LogP contribution < -0.4 is 15.2 Å². The van der Waals surface area contributed by atoms with E-state index in [-0.39, 0.29) is 29.9 Å². The lowest BCUT2D eigenvalue weighted by atomic mass is 10.1. The molecule has 0 heterocycles. The lowest BCUT2D eigenvalue weighted by Gasteiger charge is -2.19. The Labute approximate surface area is 141 Å². The third-order valence-corrected chi connectivity index (χ3v) is 4.81. The van der Waals surface area contributed by atoms with Gasteiger partial charge in [0.25, 0.3) is 0 Å². The predicted molar refractivity (Wildman–Crippen MR) is 90.6 cm³/mol. The van der Waals surface area contributed by atoms with Crippen LogP contribution in [0.3, 0.4) is 0 Å². The highest BCUT2D eigenvalue weighted by Gasteiger charge is 2.23. The Kier molecular flexibility index (Phi) is 8.80. The molecule has 0 fully saturated rings. The zero-order valence-electron chi connectivity index (χ0n) is 12.3. The first-order valence-corrected chi connectivity index (χ1v) is 8.63. The highest BCUT2D eigenvalue weighted by Crippen LogP contribution is 2.27. The number of nitrogens with one attached hydrogen (secondary N) is 1. The first kappa shape index (κ1) is 20.7. The Morgan fingerprint density at radius 1 is 1.38 bits per heavy atom. The highest BCUT2D eigenvalue weighted by atomic mass is 79.9. The molecule has 0 aliphatic heterocycles. The van der Waals surface area contributed by atoms with Crippen LogP contribution in [-0.2, 0) is 10.0 Å². The second-order valence-electron chi connectivity index (χ2n) is 4.98. The van der Waals surface area contributed by atoms with Crippen LogP contribution in [0.5, 0.6) is 5.75 Å². The van der Waals surface area contributed by atoms with Crippen molar-refractivity contribution < 1.29 is 13.2 Å². The molecule has 1 atom stereocenters. The molecule has 0 radical (unpaired) electrons. The van der Waals surface area contributed by atoms with Gasteiger partial charge in [-0.25, -0.2) is 13.1 Å². The number of halogens is 2. The third-order valence-electron chi connectivity index (χ3n) is 2.78.